The van der Waals surface area contributed by atoms with E-state index in [0.29, 0.717) is 0 Å². The van der Waals surface area contributed by atoms with Gasteiger partial charge < -0.3 is 4.79 Å². The number of hydrogen-bond acceptors (Lipinski definition) is 1. The van der Waals surface area contributed by atoms with E-state index in [1.807, 2.05) is 0 Å². The van der Waals surface area contributed by atoms with Gasteiger partial charge in [0.2, 0.25) is 0 Å². The van der Waals surface area contributed by atoms with Gasteiger partial charge in [-0.3, -0.25) is 6.79 Å². The van der Waals surface area contributed by atoms with Crippen molar-refractivity contribution in [2.75, 3.05) is 0 Å². The molecule has 8 heavy (non-hydrogen) atoms. The molecule has 0 amide bonds. The first-order valence-corrected chi connectivity index (χ1v) is 4.70. The second-order valence-electron chi connectivity index (χ2n) is 0.962. The summed E-state index contributed by atoms with van der Waals surface area (Å²) >= 11 is 0.0625. The number of allylic oxidation sites excluding steroid dienone is 2. The molecular formula is C5H6GeNaO. The van der Waals surface area contributed by atoms with E-state index in [-0.39, 0.29) is 45.0 Å². The predicted molar refractivity (Wildman–Crippen MR) is 32.2 cm³/mol. The van der Waals surface area contributed by atoms with Gasteiger partial charge in [-0.2, -0.15) is 0 Å². The van der Waals surface area contributed by atoms with Crippen molar-refractivity contribution in [3.05, 3.63) is 22.0 Å². The van der Waals surface area contributed by atoms with E-state index in [4.69, 9.17) is 4.79 Å². The van der Waals surface area contributed by atoms with Gasteiger partial charge in [-0.1, -0.05) is 0 Å². The standard InChI is InChI=1S/C4H5Ge.CHO.Na/c1-2-4-5-3-1;1-2;/h1-5H;1H;/q;-1;+1. The Kier molecular flexibility index (Phi) is 15.3. The molecule has 3 heteroatoms. The van der Waals surface area contributed by atoms with E-state index in [1.165, 1.54) is 0 Å². The predicted octanol–water partition coefficient (Wildman–Crippen LogP) is -2.81. The zero-order valence-corrected chi connectivity index (χ0v) is 9.29. The molecule has 0 aliphatic carbocycles. The van der Waals surface area contributed by atoms with Crippen molar-refractivity contribution in [3.63, 3.8) is 0 Å². The summed E-state index contributed by atoms with van der Waals surface area (Å²) in [5, 5.41) is 0. The summed E-state index contributed by atoms with van der Waals surface area (Å²) < 4.78 is 0. The molecule has 1 heterocycles. The molecular weight excluding hydrogens is 172 g/mol. The molecule has 0 bridgehead atoms. The Hall–Kier alpha value is 0.693. The first-order valence-electron chi connectivity index (χ1n) is 1.90. The Morgan fingerprint density at radius 2 is 1.50 bits per heavy atom. The zero-order chi connectivity index (χ0) is 5.54. The summed E-state index contributed by atoms with van der Waals surface area (Å²) in [5.74, 6) is 0. The molecule has 0 aromatic heterocycles. The van der Waals surface area contributed by atoms with Crippen molar-refractivity contribution in [2.45, 2.75) is 0 Å². The number of rotatable bonds is 0. The molecule has 0 atom stereocenters. The second kappa shape index (κ2) is 10.6. The van der Waals surface area contributed by atoms with Crippen LogP contribution in [0.4, 0.5) is 0 Å². The molecule has 37 valence electrons. The zero-order valence-electron chi connectivity index (χ0n) is 4.87. The first-order chi connectivity index (χ1) is 3.50. The van der Waals surface area contributed by atoms with Crippen LogP contribution in [0, 0.1) is 0 Å². The summed E-state index contributed by atoms with van der Waals surface area (Å²) in [6.45, 7) is 3.25. The third-order valence-electron chi connectivity index (χ3n) is 0.556. The van der Waals surface area contributed by atoms with Crippen molar-refractivity contribution >= 4 is 22.2 Å². The van der Waals surface area contributed by atoms with E-state index in [1.54, 1.807) is 0 Å². The Morgan fingerprint density at radius 3 is 1.62 bits per heavy atom. The topological polar surface area (TPSA) is 17.1 Å². The third-order valence-corrected chi connectivity index (χ3v) is 2.42. The maximum Gasteiger partial charge on any atom is 1.00 e. The monoisotopic (exact) mass is 179 g/mol. The second-order valence-corrected chi connectivity index (χ2v) is 3.38. The van der Waals surface area contributed by atoms with Crippen LogP contribution < -0.4 is 29.6 Å². The molecule has 1 rings (SSSR count). The van der Waals surface area contributed by atoms with E-state index in [9.17, 15) is 0 Å². The number of carbonyl (C=O) groups excluding carboxylic acids is 1. The van der Waals surface area contributed by atoms with Gasteiger partial charge >= 0.3 is 67.0 Å². The first kappa shape index (κ1) is 11.5. The van der Waals surface area contributed by atoms with Crippen LogP contribution in [0.25, 0.3) is 0 Å². The van der Waals surface area contributed by atoms with Gasteiger partial charge in [0, 0.05) is 0 Å². The van der Waals surface area contributed by atoms with Gasteiger partial charge in [0.1, 0.15) is 0 Å². The van der Waals surface area contributed by atoms with Crippen molar-refractivity contribution in [2.24, 2.45) is 0 Å². The Balaban J connectivity index is 0. The molecule has 0 aromatic rings. The van der Waals surface area contributed by atoms with Crippen molar-refractivity contribution in [1.29, 1.82) is 0 Å². The summed E-state index contributed by atoms with van der Waals surface area (Å²) in [5.41, 5.74) is 0. The molecule has 0 saturated carbocycles. The summed E-state index contributed by atoms with van der Waals surface area (Å²) in [7, 11) is 0. The smallest absolute Gasteiger partial charge is 0.545 e. The van der Waals surface area contributed by atoms with Crippen LogP contribution in [0.5, 0.6) is 0 Å². The summed E-state index contributed by atoms with van der Waals surface area (Å²) in [6, 6.07) is 0. The van der Waals surface area contributed by atoms with Crippen LogP contribution in [0.1, 0.15) is 0 Å². The molecule has 0 unspecified atom stereocenters. The van der Waals surface area contributed by atoms with Crippen molar-refractivity contribution in [3.8, 4) is 0 Å². The van der Waals surface area contributed by atoms with Crippen LogP contribution >= 0.6 is 0 Å². The number of hydrogen-bond donors (Lipinski definition) is 0. The Morgan fingerprint density at radius 1 is 1.12 bits per heavy atom. The fraction of sp³-hybridized carbons (Fsp3) is 0. The quantitative estimate of drug-likeness (QED) is 0.222. The van der Waals surface area contributed by atoms with E-state index >= 15 is 0 Å². The summed E-state index contributed by atoms with van der Waals surface area (Å²) in [4.78, 5) is 12.3. The molecule has 0 fully saturated rings. The van der Waals surface area contributed by atoms with Crippen molar-refractivity contribution < 1.29 is 34.4 Å². The van der Waals surface area contributed by atoms with Crippen molar-refractivity contribution in [1.82, 2.24) is 0 Å². The fourth-order valence-electron chi connectivity index (χ4n) is 0.321. The largest absolute Gasteiger partial charge is 1.00 e. The van der Waals surface area contributed by atoms with Gasteiger partial charge in [-0.25, -0.2) is 0 Å². The minimum atomic E-state index is 0. The van der Waals surface area contributed by atoms with Crippen LogP contribution in [-0.4, -0.2) is 22.2 Å². The van der Waals surface area contributed by atoms with E-state index in [2.05, 4.69) is 28.8 Å². The average Bonchev–Trinajstić information content (AvgIpc) is 2.23. The molecule has 1 nitrogen and oxygen atoms in total. The molecule has 1 aliphatic heterocycles. The van der Waals surface area contributed by atoms with E-state index in [0.717, 1.165) is 0 Å². The van der Waals surface area contributed by atoms with Crippen LogP contribution in [0.3, 0.4) is 0 Å². The maximum atomic E-state index is 7.75. The van der Waals surface area contributed by atoms with Gasteiger partial charge in [-0.05, 0) is 0 Å². The Labute approximate surface area is 78.0 Å². The fourth-order valence-corrected chi connectivity index (χ4v) is 1.67. The maximum absolute atomic E-state index is 7.75. The minimum absolute atomic E-state index is 0. The third kappa shape index (κ3) is 6.69. The SMILES string of the molecule is C1=[CH][GeH][CH]=C1.[CH-]=O.[Na+]. The molecule has 0 N–H and O–H groups in total. The summed E-state index contributed by atoms with van der Waals surface area (Å²) in [6.07, 6.45) is 4.25. The van der Waals surface area contributed by atoms with Crippen LogP contribution in [0.2, 0.25) is 0 Å². The van der Waals surface area contributed by atoms with Gasteiger partial charge in [0.15, 0.2) is 0 Å². The molecule has 1 aliphatic rings. The Bertz CT molecular complexity index is 80.4. The van der Waals surface area contributed by atoms with Crippen LogP contribution in [0.15, 0.2) is 22.0 Å². The molecule has 0 saturated heterocycles. The molecule has 0 spiro atoms. The minimum Gasteiger partial charge on any atom is -0.545 e. The molecule has 0 aromatic carbocycles. The normalized spacial score (nSPS) is 11.5. The average molecular weight is 178 g/mol. The molecule has 1 radical (unpaired) electrons. The van der Waals surface area contributed by atoms with E-state index < -0.39 is 0 Å². The van der Waals surface area contributed by atoms with Gasteiger partial charge in [0.05, 0.1) is 0 Å². The van der Waals surface area contributed by atoms with Gasteiger partial charge in [0.25, 0.3) is 0 Å². The van der Waals surface area contributed by atoms with Crippen LogP contribution in [-0.2, 0) is 4.79 Å². The van der Waals surface area contributed by atoms with Gasteiger partial charge in [-0.15, -0.1) is 0 Å².